The Morgan fingerprint density at radius 1 is 0.889 bits per heavy atom. The summed E-state index contributed by atoms with van der Waals surface area (Å²) in [5.74, 6) is 1.95. The fourth-order valence-corrected chi connectivity index (χ4v) is 4.35. The Bertz CT molecular complexity index is 953. The molecule has 0 unspecified atom stereocenters. The molecule has 3 aromatic rings. The third kappa shape index (κ3) is 3.05. The molecule has 1 aromatic carbocycles. The van der Waals surface area contributed by atoms with Crippen molar-refractivity contribution in [2.75, 3.05) is 24.6 Å². The zero-order valence-corrected chi connectivity index (χ0v) is 16.7. The second-order valence-electron chi connectivity index (χ2n) is 7.34. The van der Waals surface area contributed by atoms with Crippen LogP contribution < -0.4 is 9.64 Å². The lowest BCUT2D eigenvalue weighted by Crippen LogP contribution is -2.30. The van der Waals surface area contributed by atoms with E-state index in [4.69, 9.17) is 4.74 Å². The van der Waals surface area contributed by atoms with Crippen LogP contribution in [0.5, 0.6) is 5.75 Å². The Hall–Kier alpha value is -2.56. The van der Waals surface area contributed by atoms with Gasteiger partial charge in [0, 0.05) is 40.9 Å². The number of hydrogen-bond donors (Lipinski definition) is 0. The van der Waals surface area contributed by atoms with Crippen LogP contribution in [0, 0.1) is 20.8 Å². The molecule has 27 heavy (non-hydrogen) atoms. The molecule has 0 amide bonds. The molecule has 0 bridgehead atoms. The summed E-state index contributed by atoms with van der Waals surface area (Å²) in [5.41, 5.74) is 4.59. The number of aryl methyl sites for hydroxylation is 3. The van der Waals surface area contributed by atoms with Crippen LogP contribution in [0.1, 0.15) is 43.3 Å². The molecule has 5 heteroatoms. The highest BCUT2D eigenvalue weighted by atomic mass is 16.5. The summed E-state index contributed by atoms with van der Waals surface area (Å²) >= 11 is 0. The van der Waals surface area contributed by atoms with E-state index in [0.29, 0.717) is 6.61 Å². The lowest BCUT2D eigenvalue weighted by Gasteiger charge is -2.28. The van der Waals surface area contributed by atoms with Crippen LogP contribution in [-0.4, -0.2) is 34.5 Å². The van der Waals surface area contributed by atoms with Gasteiger partial charge >= 0.3 is 0 Å². The van der Waals surface area contributed by atoms with E-state index in [-0.39, 0.29) is 0 Å². The molecule has 4 rings (SSSR count). The summed E-state index contributed by atoms with van der Waals surface area (Å²) in [4.78, 5) is 2.41. The average Bonchev–Trinajstić information content (AvgIpc) is 2.96. The summed E-state index contributed by atoms with van der Waals surface area (Å²) in [5, 5.41) is 11.6. The fraction of sp³-hybridized carbons (Fsp3) is 0.455. The number of rotatable bonds is 4. The first-order valence-corrected chi connectivity index (χ1v) is 9.95. The average molecular weight is 364 g/mol. The first-order chi connectivity index (χ1) is 13.1. The maximum atomic E-state index is 5.60. The lowest BCUT2D eigenvalue weighted by molar-refractivity contribution is 0.340. The molecule has 5 nitrogen and oxygen atoms in total. The summed E-state index contributed by atoms with van der Waals surface area (Å²) in [7, 11) is 0. The molecule has 0 aliphatic carbocycles. The largest absolute Gasteiger partial charge is 0.494 e. The third-order valence-corrected chi connectivity index (χ3v) is 5.59. The summed E-state index contributed by atoms with van der Waals surface area (Å²) in [6, 6.07) is 8.33. The van der Waals surface area contributed by atoms with Gasteiger partial charge in [-0.05, 0) is 71.2 Å². The van der Waals surface area contributed by atoms with Crippen molar-refractivity contribution in [1.82, 2.24) is 14.8 Å². The minimum atomic E-state index is 0.681. The van der Waals surface area contributed by atoms with Crippen molar-refractivity contribution in [3.8, 4) is 11.4 Å². The maximum absolute atomic E-state index is 5.60. The fourth-order valence-electron chi connectivity index (χ4n) is 4.35. The van der Waals surface area contributed by atoms with Crippen molar-refractivity contribution < 1.29 is 4.74 Å². The van der Waals surface area contributed by atoms with Gasteiger partial charge < -0.3 is 14.2 Å². The van der Waals surface area contributed by atoms with E-state index in [1.807, 2.05) is 19.1 Å². The monoisotopic (exact) mass is 364 g/mol. The predicted molar refractivity (Wildman–Crippen MR) is 110 cm³/mol. The van der Waals surface area contributed by atoms with Crippen molar-refractivity contribution in [2.24, 2.45) is 0 Å². The molecule has 1 aliphatic rings. The number of nitrogens with zero attached hydrogens (tertiary/aromatic N) is 4. The normalized spacial score (nSPS) is 14.7. The first kappa shape index (κ1) is 17.8. The van der Waals surface area contributed by atoms with Gasteiger partial charge in [0.15, 0.2) is 5.82 Å². The SMILES string of the molecule is CCOc1ccc(-n2c(C)c3c(C)nnc(N4CCCCC4)c3c2C)cc1. The quantitative estimate of drug-likeness (QED) is 0.671. The Kier molecular flexibility index (Phi) is 4.77. The van der Waals surface area contributed by atoms with E-state index in [2.05, 4.69) is 52.6 Å². The van der Waals surface area contributed by atoms with E-state index in [1.54, 1.807) is 0 Å². The van der Waals surface area contributed by atoms with Gasteiger partial charge in [-0.15, -0.1) is 5.10 Å². The smallest absolute Gasteiger partial charge is 0.161 e. The van der Waals surface area contributed by atoms with Crippen molar-refractivity contribution in [3.63, 3.8) is 0 Å². The Morgan fingerprint density at radius 2 is 1.56 bits per heavy atom. The molecule has 1 saturated heterocycles. The second kappa shape index (κ2) is 7.22. The molecule has 1 fully saturated rings. The highest BCUT2D eigenvalue weighted by molar-refractivity contribution is 5.98. The maximum Gasteiger partial charge on any atom is 0.161 e. The standard InChI is InChI=1S/C22H28N4O/c1-5-27-19-11-9-18(10-12-19)26-16(3)20-15(2)23-24-22(21(20)17(26)4)25-13-7-6-8-14-25/h9-12H,5-8,13-14H2,1-4H3. The minimum Gasteiger partial charge on any atom is -0.494 e. The second-order valence-corrected chi connectivity index (χ2v) is 7.34. The molecular formula is C22H28N4O. The van der Waals surface area contributed by atoms with Gasteiger partial charge in [0.25, 0.3) is 0 Å². The molecule has 0 spiro atoms. The van der Waals surface area contributed by atoms with Crippen LogP contribution in [0.25, 0.3) is 16.5 Å². The lowest BCUT2D eigenvalue weighted by atomic mass is 10.1. The zero-order chi connectivity index (χ0) is 19.0. The van der Waals surface area contributed by atoms with Gasteiger partial charge in [0.2, 0.25) is 0 Å². The first-order valence-electron chi connectivity index (χ1n) is 9.95. The van der Waals surface area contributed by atoms with Crippen molar-refractivity contribution in [1.29, 1.82) is 0 Å². The van der Waals surface area contributed by atoms with Crippen LogP contribution in [0.2, 0.25) is 0 Å². The summed E-state index contributed by atoms with van der Waals surface area (Å²) < 4.78 is 7.92. The molecule has 0 radical (unpaired) electrons. The molecular weight excluding hydrogens is 336 g/mol. The van der Waals surface area contributed by atoms with Gasteiger partial charge in [0.1, 0.15) is 5.75 Å². The molecule has 0 N–H and O–H groups in total. The molecule has 0 saturated carbocycles. The van der Waals surface area contributed by atoms with Crippen molar-refractivity contribution >= 4 is 16.6 Å². The molecule has 1 aliphatic heterocycles. The molecule has 3 heterocycles. The minimum absolute atomic E-state index is 0.681. The number of benzene rings is 1. The van der Waals surface area contributed by atoms with Crippen LogP contribution >= 0.6 is 0 Å². The Labute approximate surface area is 161 Å². The van der Waals surface area contributed by atoms with E-state index in [1.165, 1.54) is 41.4 Å². The number of fused-ring (bicyclic) bond motifs is 1. The van der Waals surface area contributed by atoms with E-state index >= 15 is 0 Å². The topological polar surface area (TPSA) is 43.2 Å². The summed E-state index contributed by atoms with van der Waals surface area (Å²) in [6.45, 7) is 11.3. The number of hydrogen-bond acceptors (Lipinski definition) is 4. The highest BCUT2D eigenvalue weighted by Crippen LogP contribution is 2.36. The predicted octanol–water partition coefficient (Wildman–Crippen LogP) is 4.73. The van der Waals surface area contributed by atoms with Crippen molar-refractivity contribution in [2.45, 2.75) is 47.0 Å². The zero-order valence-electron chi connectivity index (χ0n) is 16.7. The van der Waals surface area contributed by atoms with Gasteiger partial charge in [-0.2, -0.15) is 5.10 Å². The van der Waals surface area contributed by atoms with E-state index in [0.717, 1.165) is 36.0 Å². The number of aromatic nitrogens is 3. The number of piperidine rings is 1. The third-order valence-electron chi connectivity index (χ3n) is 5.59. The van der Waals surface area contributed by atoms with Gasteiger partial charge in [-0.1, -0.05) is 0 Å². The van der Waals surface area contributed by atoms with Gasteiger partial charge in [0.05, 0.1) is 12.3 Å². The van der Waals surface area contributed by atoms with Gasteiger partial charge in [-0.3, -0.25) is 0 Å². The molecule has 142 valence electrons. The van der Waals surface area contributed by atoms with Gasteiger partial charge in [-0.25, -0.2) is 0 Å². The van der Waals surface area contributed by atoms with Crippen molar-refractivity contribution in [3.05, 3.63) is 41.3 Å². The number of ether oxygens (including phenoxy) is 1. The molecule has 2 aromatic heterocycles. The van der Waals surface area contributed by atoms with Crippen LogP contribution in [-0.2, 0) is 0 Å². The van der Waals surface area contributed by atoms with Crippen LogP contribution in [0.15, 0.2) is 24.3 Å². The van der Waals surface area contributed by atoms with E-state index < -0.39 is 0 Å². The van der Waals surface area contributed by atoms with Crippen LogP contribution in [0.4, 0.5) is 5.82 Å². The van der Waals surface area contributed by atoms with E-state index in [9.17, 15) is 0 Å². The van der Waals surface area contributed by atoms with Crippen LogP contribution in [0.3, 0.4) is 0 Å². The number of anilines is 1. The molecule has 0 atom stereocenters. The highest BCUT2D eigenvalue weighted by Gasteiger charge is 2.23. The summed E-state index contributed by atoms with van der Waals surface area (Å²) in [6.07, 6.45) is 3.77. The Balaban J connectivity index is 1.88. The Morgan fingerprint density at radius 3 is 2.22 bits per heavy atom.